The molecule has 0 aliphatic heterocycles. The normalized spacial score (nSPS) is 15.0. The molecule has 0 fully saturated rings. The van der Waals surface area contributed by atoms with E-state index in [1.807, 2.05) is 13.1 Å². The van der Waals surface area contributed by atoms with E-state index in [1.54, 1.807) is 5.57 Å². The fourth-order valence-corrected chi connectivity index (χ4v) is 1.92. The van der Waals surface area contributed by atoms with Crippen LogP contribution in [0.25, 0.3) is 0 Å². The quantitative estimate of drug-likeness (QED) is 0.523. The van der Waals surface area contributed by atoms with E-state index in [0.717, 1.165) is 25.2 Å². The second kappa shape index (κ2) is 7.56. The first-order valence-corrected chi connectivity index (χ1v) is 6.14. The van der Waals surface area contributed by atoms with Gasteiger partial charge in [-0.05, 0) is 32.6 Å². The van der Waals surface area contributed by atoms with Crippen LogP contribution in [-0.2, 0) is 0 Å². The SMILES string of the molecule is CN/C(=C/C#N)NCCCCC1=C(C)C=CC1. The molecule has 1 rings (SSSR count). The van der Waals surface area contributed by atoms with Crippen LogP contribution in [0.4, 0.5) is 0 Å². The molecule has 0 atom stereocenters. The van der Waals surface area contributed by atoms with Crippen LogP contribution in [0.5, 0.6) is 0 Å². The van der Waals surface area contributed by atoms with Crippen molar-refractivity contribution in [3.05, 3.63) is 35.2 Å². The van der Waals surface area contributed by atoms with Crippen molar-refractivity contribution in [2.45, 2.75) is 32.6 Å². The van der Waals surface area contributed by atoms with Gasteiger partial charge in [0.2, 0.25) is 0 Å². The summed E-state index contributed by atoms with van der Waals surface area (Å²) in [5.41, 5.74) is 3.02. The van der Waals surface area contributed by atoms with E-state index in [0.29, 0.717) is 0 Å². The number of rotatable bonds is 7. The third-order valence-electron chi connectivity index (χ3n) is 2.99. The van der Waals surface area contributed by atoms with E-state index in [1.165, 1.54) is 24.5 Å². The summed E-state index contributed by atoms with van der Waals surface area (Å²) >= 11 is 0. The van der Waals surface area contributed by atoms with Gasteiger partial charge in [-0.3, -0.25) is 0 Å². The standard InChI is InChI=1S/C14H21N3/c1-12-6-5-8-13(12)7-3-4-11-17-14(16-2)9-10-15/h5-6,9,16-17H,3-4,7-8,11H2,1-2H3/b14-9-. The molecule has 0 unspecified atom stereocenters. The largest absolute Gasteiger partial charge is 0.374 e. The molecule has 3 nitrogen and oxygen atoms in total. The predicted molar refractivity (Wildman–Crippen MR) is 71.1 cm³/mol. The minimum atomic E-state index is 0.797. The van der Waals surface area contributed by atoms with Gasteiger partial charge in [0.15, 0.2) is 0 Å². The molecule has 0 saturated carbocycles. The van der Waals surface area contributed by atoms with Gasteiger partial charge in [-0.1, -0.05) is 23.3 Å². The van der Waals surface area contributed by atoms with E-state index in [4.69, 9.17) is 5.26 Å². The van der Waals surface area contributed by atoms with Crippen molar-refractivity contribution >= 4 is 0 Å². The Labute approximate surface area is 104 Å². The Morgan fingerprint density at radius 3 is 2.94 bits per heavy atom. The zero-order valence-electron chi connectivity index (χ0n) is 10.7. The first-order valence-electron chi connectivity index (χ1n) is 6.14. The number of hydrogen-bond acceptors (Lipinski definition) is 3. The number of nitrogens with one attached hydrogen (secondary N) is 2. The fraction of sp³-hybridized carbons (Fsp3) is 0.500. The molecule has 2 N–H and O–H groups in total. The Bertz CT molecular complexity index is 369. The van der Waals surface area contributed by atoms with Crippen LogP contribution < -0.4 is 10.6 Å². The molecule has 3 heteroatoms. The zero-order chi connectivity index (χ0) is 12.5. The number of allylic oxidation sites excluding steroid dienone is 5. The van der Waals surface area contributed by atoms with Crippen LogP contribution in [0.1, 0.15) is 32.6 Å². The minimum Gasteiger partial charge on any atom is -0.374 e. The maximum absolute atomic E-state index is 8.52. The summed E-state index contributed by atoms with van der Waals surface area (Å²) in [5, 5.41) is 14.7. The Morgan fingerprint density at radius 1 is 1.53 bits per heavy atom. The van der Waals surface area contributed by atoms with E-state index < -0.39 is 0 Å². The second-order valence-electron chi connectivity index (χ2n) is 4.21. The number of unbranched alkanes of at least 4 members (excludes halogenated alkanes) is 1. The van der Waals surface area contributed by atoms with Crippen LogP contribution >= 0.6 is 0 Å². The smallest absolute Gasteiger partial charge is 0.109 e. The lowest BCUT2D eigenvalue weighted by atomic mass is 10.0. The Kier molecular flexibility index (Phi) is 5.95. The minimum absolute atomic E-state index is 0.797. The van der Waals surface area contributed by atoms with Crippen LogP contribution in [0, 0.1) is 11.3 Å². The highest BCUT2D eigenvalue weighted by atomic mass is 15.1. The summed E-state index contributed by atoms with van der Waals surface area (Å²) in [7, 11) is 1.81. The third-order valence-corrected chi connectivity index (χ3v) is 2.99. The average molecular weight is 231 g/mol. The molecule has 0 aromatic carbocycles. The Hall–Kier alpha value is -1.69. The molecule has 0 aromatic rings. The zero-order valence-corrected chi connectivity index (χ0v) is 10.7. The summed E-state index contributed by atoms with van der Waals surface area (Å²) < 4.78 is 0. The highest BCUT2D eigenvalue weighted by molar-refractivity contribution is 5.31. The van der Waals surface area contributed by atoms with Crippen molar-refractivity contribution in [3.8, 4) is 6.07 Å². The molecular formula is C14H21N3. The summed E-state index contributed by atoms with van der Waals surface area (Å²) in [6.07, 6.45) is 10.6. The van der Waals surface area contributed by atoms with Crippen molar-refractivity contribution in [2.24, 2.45) is 0 Å². The number of nitrogens with zero attached hydrogens (tertiary/aromatic N) is 1. The summed E-state index contributed by atoms with van der Waals surface area (Å²) in [4.78, 5) is 0. The van der Waals surface area contributed by atoms with Crippen molar-refractivity contribution in [1.29, 1.82) is 5.26 Å². The maximum Gasteiger partial charge on any atom is 0.109 e. The van der Waals surface area contributed by atoms with Crippen LogP contribution in [0.15, 0.2) is 35.2 Å². The van der Waals surface area contributed by atoms with Gasteiger partial charge in [0.25, 0.3) is 0 Å². The third kappa shape index (κ3) is 4.78. The summed E-state index contributed by atoms with van der Waals surface area (Å²) in [5.74, 6) is 0.797. The van der Waals surface area contributed by atoms with Crippen molar-refractivity contribution < 1.29 is 0 Å². The van der Waals surface area contributed by atoms with Gasteiger partial charge >= 0.3 is 0 Å². The highest BCUT2D eigenvalue weighted by Crippen LogP contribution is 2.22. The lowest BCUT2D eigenvalue weighted by molar-refractivity contribution is 0.649. The van der Waals surface area contributed by atoms with Crippen LogP contribution in [0.3, 0.4) is 0 Å². The fourth-order valence-electron chi connectivity index (χ4n) is 1.92. The van der Waals surface area contributed by atoms with Gasteiger partial charge in [-0.2, -0.15) is 5.26 Å². The Balaban J connectivity index is 2.11. The Morgan fingerprint density at radius 2 is 2.35 bits per heavy atom. The van der Waals surface area contributed by atoms with Gasteiger partial charge < -0.3 is 10.6 Å². The number of hydrogen-bond donors (Lipinski definition) is 2. The average Bonchev–Trinajstić information content (AvgIpc) is 2.73. The van der Waals surface area contributed by atoms with Crippen molar-refractivity contribution in [1.82, 2.24) is 10.6 Å². The predicted octanol–water partition coefficient (Wildman–Crippen LogP) is 2.61. The number of nitriles is 1. The van der Waals surface area contributed by atoms with Crippen LogP contribution in [-0.4, -0.2) is 13.6 Å². The van der Waals surface area contributed by atoms with Gasteiger partial charge in [0.1, 0.15) is 5.82 Å². The van der Waals surface area contributed by atoms with E-state index in [2.05, 4.69) is 29.7 Å². The molecule has 1 aliphatic rings. The van der Waals surface area contributed by atoms with E-state index >= 15 is 0 Å². The molecule has 17 heavy (non-hydrogen) atoms. The molecular weight excluding hydrogens is 210 g/mol. The molecule has 0 spiro atoms. The topological polar surface area (TPSA) is 47.9 Å². The molecule has 92 valence electrons. The summed E-state index contributed by atoms with van der Waals surface area (Å²) in [6.45, 7) is 3.10. The van der Waals surface area contributed by atoms with Gasteiger partial charge in [0, 0.05) is 13.6 Å². The molecule has 0 heterocycles. The molecule has 0 saturated heterocycles. The maximum atomic E-state index is 8.52. The lowest BCUT2D eigenvalue weighted by Crippen LogP contribution is -2.24. The van der Waals surface area contributed by atoms with Gasteiger partial charge in [-0.25, -0.2) is 0 Å². The monoisotopic (exact) mass is 231 g/mol. The van der Waals surface area contributed by atoms with E-state index in [-0.39, 0.29) is 0 Å². The molecule has 0 radical (unpaired) electrons. The molecule has 0 bridgehead atoms. The van der Waals surface area contributed by atoms with E-state index in [9.17, 15) is 0 Å². The van der Waals surface area contributed by atoms with Crippen molar-refractivity contribution in [2.75, 3.05) is 13.6 Å². The molecule has 1 aliphatic carbocycles. The highest BCUT2D eigenvalue weighted by Gasteiger charge is 2.04. The van der Waals surface area contributed by atoms with Gasteiger partial charge in [-0.15, -0.1) is 0 Å². The summed E-state index contributed by atoms with van der Waals surface area (Å²) in [6, 6.07) is 2.01. The second-order valence-corrected chi connectivity index (χ2v) is 4.21. The van der Waals surface area contributed by atoms with Crippen molar-refractivity contribution in [3.63, 3.8) is 0 Å². The molecule has 0 amide bonds. The van der Waals surface area contributed by atoms with Crippen LogP contribution in [0.2, 0.25) is 0 Å². The first-order chi connectivity index (χ1) is 8.27. The van der Waals surface area contributed by atoms with Gasteiger partial charge in [0.05, 0.1) is 12.1 Å². The first kappa shape index (κ1) is 13.4. The lowest BCUT2D eigenvalue weighted by Gasteiger charge is -2.09. The molecule has 0 aromatic heterocycles.